The minimum absolute atomic E-state index is 0.157. The Morgan fingerprint density at radius 1 is 1.64 bits per heavy atom. The zero-order chi connectivity index (χ0) is 10.3. The van der Waals surface area contributed by atoms with Crippen molar-refractivity contribution in [2.75, 3.05) is 0 Å². The van der Waals surface area contributed by atoms with E-state index in [4.69, 9.17) is 12.2 Å². The number of hydrogen-bond acceptors (Lipinski definition) is 3. The maximum absolute atomic E-state index is 11.7. The molecular weight excluding hydrogens is 200 g/mol. The maximum Gasteiger partial charge on any atom is 0.282 e. The van der Waals surface area contributed by atoms with E-state index >= 15 is 0 Å². The van der Waals surface area contributed by atoms with Crippen molar-refractivity contribution in [1.82, 2.24) is 19.3 Å². The summed E-state index contributed by atoms with van der Waals surface area (Å²) in [5.74, 6) is 0. The first-order valence-corrected chi connectivity index (χ1v) is 4.70. The molecule has 74 valence electrons. The van der Waals surface area contributed by atoms with E-state index in [1.807, 2.05) is 6.92 Å². The van der Waals surface area contributed by atoms with Crippen LogP contribution in [0.5, 0.6) is 0 Å². The molecule has 0 saturated carbocycles. The van der Waals surface area contributed by atoms with Crippen LogP contribution in [0.4, 0.5) is 0 Å². The van der Waals surface area contributed by atoms with Crippen molar-refractivity contribution in [2.45, 2.75) is 13.5 Å². The highest BCUT2D eigenvalue weighted by Gasteiger charge is 2.06. The van der Waals surface area contributed by atoms with E-state index in [-0.39, 0.29) is 5.56 Å². The lowest BCUT2D eigenvalue weighted by Crippen LogP contribution is -2.18. The van der Waals surface area contributed by atoms with Gasteiger partial charge >= 0.3 is 0 Å². The summed E-state index contributed by atoms with van der Waals surface area (Å²) < 4.78 is 3.50. The molecule has 2 aromatic heterocycles. The van der Waals surface area contributed by atoms with Crippen LogP contribution in [-0.4, -0.2) is 19.3 Å². The van der Waals surface area contributed by atoms with Gasteiger partial charge in [-0.3, -0.25) is 14.0 Å². The second kappa shape index (κ2) is 3.06. The summed E-state index contributed by atoms with van der Waals surface area (Å²) in [5, 5.41) is 4.14. The fraction of sp³-hybridized carbons (Fsp3) is 0.375. The summed E-state index contributed by atoms with van der Waals surface area (Å²) in [6.07, 6.45) is 1.78. The van der Waals surface area contributed by atoms with Crippen LogP contribution in [0.3, 0.4) is 0 Å². The largest absolute Gasteiger partial charge is 0.329 e. The Labute approximate surface area is 85.0 Å². The third kappa shape index (κ3) is 1.19. The molecule has 2 aromatic rings. The summed E-state index contributed by atoms with van der Waals surface area (Å²) in [6.45, 7) is 2.70. The Hall–Kier alpha value is -1.43. The molecular formula is C8H10N4OS. The topological polar surface area (TPSA) is 55.6 Å². The molecule has 0 aliphatic heterocycles. The predicted octanol–water partition coefficient (Wildman–Crippen LogP) is 0.812. The molecule has 1 N–H and O–H groups in total. The summed E-state index contributed by atoms with van der Waals surface area (Å²) in [4.78, 5) is 14.6. The summed E-state index contributed by atoms with van der Waals surface area (Å²) in [7, 11) is 1.63. The lowest BCUT2D eigenvalue weighted by atomic mass is 10.5. The molecule has 0 radical (unpaired) electrons. The van der Waals surface area contributed by atoms with E-state index in [0.29, 0.717) is 15.8 Å². The number of nitrogens with zero attached hydrogens (tertiary/aromatic N) is 3. The lowest BCUT2D eigenvalue weighted by molar-refractivity contribution is 0.666. The lowest BCUT2D eigenvalue weighted by Gasteiger charge is -1.95. The molecule has 2 rings (SSSR count). The second-order valence-corrected chi connectivity index (χ2v) is 3.43. The van der Waals surface area contributed by atoms with Gasteiger partial charge in [0, 0.05) is 19.8 Å². The fourth-order valence-electron chi connectivity index (χ4n) is 1.28. The van der Waals surface area contributed by atoms with Gasteiger partial charge in [0.2, 0.25) is 0 Å². The number of H-pyrrole nitrogens is 1. The van der Waals surface area contributed by atoms with Crippen molar-refractivity contribution in [2.24, 2.45) is 7.05 Å². The number of nitrogens with one attached hydrogen (secondary N) is 1. The van der Waals surface area contributed by atoms with Crippen molar-refractivity contribution >= 4 is 23.3 Å². The van der Waals surface area contributed by atoms with Crippen LogP contribution in [0.1, 0.15) is 6.92 Å². The van der Waals surface area contributed by atoms with Crippen LogP contribution in [0, 0.1) is 4.77 Å². The SMILES string of the molecule is CCn1cc2[nH]c(=S)n(C)c(=O)c2n1. The molecule has 6 heteroatoms. The summed E-state index contributed by atoms with van der Waals surface area (Å²) in [6, 6.07) is 0. The molecule has 0 amide bonds. The molecule has 0 unspecified atom stereocenters. The second-order valence-electron chi connectivity index (χ2n) is 3.04. The van der Waals surface area contributed by atoms with Gasteiger partial charge in [-0.15, -0.1) is 0 Å². The quantitative estimate of drug-likeness (QED) is 0.709. The first kappa shape index (κ1) is 9.14. The number of hydrogen-bond donors (Lipinski definition) is 1. The number of aromatic nitrogens is 4. The highest BCUT2D eigenvalue weighted by molar-refractivity contribution is 7.71. The Morgan fingerprint density at radius 3 is 3.00 bits per heavy atom. The maximum atomic E-state index is 11.7. The van der Waals surface area contributed by atoms with Gasteiger partial charge in [-0.2, -0.15) is 5.10 Å². The van der Waals surface area contributed by atoms with Crippen LogP contribution in [0.25, 0.3) is 11.0 Å². The Kier molecular flexibility index (Phi) is 1.99. The van der Waals surface area contributed by atoms with Crippen molar-refractivity contribution in [1.29, 1.82) is 0 Å². The minimum atomic E-state index is -0.157. The van der Waals surface area contributed by atoms with E-state index in [2.05, 4.69) is 10.1 Å². The zero-order valence-electron chi connectivity index (χ0n) is 7.94. The van der Waals surface area contributed by atoms with E-state index in [1.165, 1.54) is 4.57 Å². The number of aromatic amines is 1. The molecule has 0 fully saturated rings. The van der Waals surface area contributed by atoms with Crippen molar-refractivity contribution in [3.63, 3.8) is 0 Å². The normalized spacial score (nSPS) is 11.0. The van der Waals surface area contributed by atoms with Crippen molar-refractivity contribution < 1.29 is 0 Å². The van der Waals surface area contributed by atoms with Gasteiger partial charge in [0.15, 0.2) is 10.3 Å². The highest BCUT2D eigenvalue weighted by Crippen LogP contribution is 2.03. The minimum Gasteiger partial charge on any atom is -0.329 e. The van der Waals surface area contributed by atoms with Crippen LogP contribution in [0.2, 0.25) is 0 Å². The van der Waals surface area contributed by atoms with Gasteiger partial charge in [-0.25, -0.2) is 0 Å². The predicted molar refractivity (Wildman–Crippen MR) is 55.8 cm³/mol. The molecule has 0 aromatic carbocycles. The standard InChI is InChI=1S/C8H10N4OS/c1-3-12-4-5-6(10-12)7(13)11(2)8(14)9-5/h4H,3H2,1-2H3,(H,9,14). The first-order valence-electron chi connectivity index (χ1n) is 4.30. The number of fused-ring (bicyclic) bond motifs is 1. The van der Waals surface area contributed by atoms with E-state index in [9.17, 15) is 4.79 Å². The van der Waals surface area contributed by atoms with Gasteiger partial charge in [0.05, 0.1) is 5.52 Å². The highest BCUT2D eigenvalue weighted by atomic mass is 32.1. The van der Waals surface area contributed by atoms with E-state index < -0.39 is 0 Å². The van der Waals surface area contributed by atoms with E-state index in [1.54, 1.807) is 17.9 Å². The average molecular weight is 210 g/mol. The summed E-state index contributed by atoms with van der Waals surface area (Å²) in [5.41, 5.74) is 0.971. The Balaban J connectivity index is 2.95. The van der Waals surface area contributed by atoms with Crippen molar-refractivity contribution in [3.8, 4) is 0 Å². The number of aryl methyl sites for hydroxylation is 1. The van der Waals surface area contributed by atoms with Crippen molar-refractivity contribution in [3.05, 3.63) is 21.3 Å². The van der Waals surface area contributed by atoms with Gasteiger partial charge in [-0.1, -0.05) is 0 Å². The smallest absolute Gasteiger partial charge is 0.282 e. The zero-order valence-corrected chi connectivity index (χ0v) is 8.76. The Morgan fingerprint density at radius 2 is 2.36 bits per heavy atom. The monoisotopic (exact) mass is 210 g/mol. The molecule has 0 atom stereocenters. The Bertz CT molecular complexity index is 591. The molecule has 0 spiro atoms. The fourth-order valence-corrected chi connectivity index (χ4v) is 1.48. The molecule has 14 heavy (non-hydrogen) atoms. The molecule has 2 heterocycles. The molecule has 0 bridgehead atoms. The molecule has 0 aliphatic rings. The molecule has 0 aliphatic carbocycles. The third-order valence-corrected chi connectivity index (χ3v) is 2.52. The van der Waals surface area contributed by atoms with Crippen LogP contribution < -0.4 is 5.56 Å². The van der Waals surface area contributed by atoms with Crippen LogP contribution in [-0.2, 0) is 13.6 Å². The van der Waals surface area contributed by atoms with Crippen LogP contribution >= 0.6 is 12.2 Å². The first-order chi connectivity index (χ1) is 6.63. The van der Waals surface area contributed by atoms with Gasteiger partial charge in [0.1, 0.15) is 0 Å². The van der Waals surface area contributed by atoms with Gasteiger partial charge in [0.25, 0.3) is 5.56 Å². The summed E-state index contributed by atoms with van der Waals surface area (Å²) >= 11 is 4.98. The van der Waals surface area contributed by atoms with Gasteiger partial charge < -0.3 is 4.98 Å². The third-order valence-electron chi connectivity index (χ3n) is 2.14. The average Bonchev–Trinajstić information content (AvgIpc) is 2.57. The molecule has 0 saturated heterocycles. The molecule has 5 nitrogen and oxygen atoms in total. The van der Waals surface area contributed by atoms with Crippen LogP contribution in [0.15, 0.2) is 11.0 Å². The van der Waals surface area contributed by atoms with E-state index in [0.717, 1.165) is 6.54 Å². The van der Waals surface area contributed by atoms with Gasteiger partial charge in [-0.05, 0) is 19.1 Å². The number of rotatable bonds is 1.